The van der Waals surface area contributed by atoms with Crippen molar-refractivity contribution in [3.05, 3.63) is 120 Å². The first-order chi connectivity index (χ1) is 18.1. The number of carbonyl (C=O) groups is 1. The summed E-state index contributed by atoms with van der Waals surface area (Å²) in [4.78, 5) is 32.8. The van der Waals surface area contributed by atoms with E-state index in [1.807, 2.05) is 61.5 Å². The van der Waals surface area contributed by atoms with E-state index < -0.39 is 0 Å². The summed E-state index contributed by atoms with van der Waals surface area (Å²) in [6.07, 6.45) is 1.71. The van der Waals surface area contributed by atoms with Crippen LogP contribution in [0.15, 0.2) is 88.2 Å². The van der Waals surface area contributed by atoms with Crippen LogP contribution in [0.5, 0.6) is 5.75 Å². The van der Waals surface area contributed by atoms with Crippen molar-refractivity contribution in [3.8, 4) is 5.75 Å². The number of hydrogen-bond acceptors (Lipinski definition) is 5. The summed E-state index contributed by atoms with van der Waals surface area (Å²) >= 11 is 1.29. The van der Waals surface area contributed by atoms with Crippen LogP contribution in [0.3, 0.4) is 0 Å². The van der Waals surface area contributed by atoms with Crippen LogP contribution in [0.25, 0.3) is 11.3 Å². The Morgan fingerprint density at radius 3 is 2.54 bits per heavy atom. The molecule has 4 aromatic rings. The maximum Gasteiger partial charge on any atom is 0.271 e. The van der Waals surface area contributed by atoms with Crippen molar-refractivity contribution in [2.75, 3.05) is 11.9 Å². The van der Waals surface area contributed by atoms with Crippen molar-refractivity contribution in [1.82, 2.24) is 4.57 Å². The molecule has 37 heavy (non-hydrogen) atoms. The number of thiazole rings is 1. The normalized spacial score (nSPS) is 18.8. The van der Waals surface area contributed by atoms with Gasteiger partial charge >= 0.3 is 0 Å². The molecule has 3 aromatic carbocycles. The van der Waals surface area contributed by atoms with Crippen molar-refractivity contribution in [3.63, 3.8) is 0 Å². The molecular formula is C30H23N3O3S. The molecule has 182 valence electrons. The summed E-state index contributed by atoms with van der Waals surface area (Å²) < 4.78 is 7.87. The van der Waals surface area contributed by atoms with Crippen molar-refractivity contribution in [2.45, 2.75) is 25.8 Å². The van der Waals surface area contributed by atoms with Gasteiger partial charge in [-0.2, -0.15) is 0 Å². The fourth-order valence-electron chi connectivity index (χ4n) is 5.63. The van der Waals surface area contributed by atoms with Crippen LogP contribution in [0.2, 0.25) is 0 Å². The third-order valence-corrected chi connectivity index (χ3v) is 8.31. The number of fused-ring (bicyclic) bond motifs is 4. The van der Waals surface area contributed by atoms with Crippen LogP contribution < -0.4 is 24.9 Å². The summed E-state index contributed by atoms with van der Waals surface area (Å²) in [7, 11) is 0. The molecule has 3 heterocycles. The first kappa shape index (κ1) is 22.0. The fourth-order valence-corrected chi connectivity index (χ4v) is 6.72. The Bertz CT molecular complexity index is 1810. The minimum Gasteiger partial charge on any atom is -0.494 e. The Morgan fingerprint density at radius 1 is 0.973 bits per heavy atom. The van der Waals surface area contributed by atoms with Crippen LogP contribution in [-0.4, -0.2) is 17.1 Å². The van der Waals surface area contributed by atoms with Gasteiger partial charge in [-0.3, -0.25) is 14.2 Å². The lowest BCUT2D eigenvalue weighted by molar-refractivity contribution is -0.110. The van der Waals surface area contributed by atoms with Gasteiger partial charge in [0.1, 0.15) is 10.3 Å². The Hall–Kier alpha value is -4.23. The number of benzene rings is 3. The molecule has 1 atom stereocenters. The molecule has 2 aliphatic heterocycles. The molecule has 7 heteroatoms. The zero-order chi connectivity index (χ0) is 25.1. The number of amides is 1. The highest BCUT2D eigenvalue weighted by Gasteiger charge is 2.34. The molecule has 0 saturated heterocycles. The maximum absolute atomic E-state index is 14.1. The van der Waals surface area contributed by atoms with Gasteiger partial charge in [0.25, 0.3) is 11.5 Å². The minimum atomic E-state index is -0.302. The first-order valence-electron chi connectivity index (χ1n) is 12.4. The van der Waals surface area contributed by atoms with Gasteiger partial charge < -0.3 is 10.1 Å². The average Bonchev–Trinajstić information content (AvgIpc) is 3.43. The molecule has 0 fully saturated rings. The topological polar surface area (TPSA) is 72.7 Å². The van der Waals surface area contributed by atoms with Gasteiger partial charge in [0.15, 0.2) is 4.80 Å². The summed E-state index contributed by atoms with van der Waals surface area (Å²) in [5.41, 5.74) is 7.17. The van der Waals surface area contributed by atoms with E-state index in [1.165, 1.54) is 16.9 Å². The van der Waals surface area contributed by atoms with Gasteiger partial charge in [-0.25, -0.2) is 4.99 Å². The lowest BCUT2D eigenvalue weighted by Crippen LogP contribution is -2.39. The van der Waals surface area contributed by atoms with Crippen molar-refractivity contribution >= 4 is 34.2 Å². The number of nitrogens with one attached hydrogen (secondary N) is 1. The average molecular weight is 506 g/mol. The maximum atomic E-state index is 14.1. The molecule has 1 aliphatic carbocycles. The Morgan fingerprint density at radius 2 is 1.73 bits per heavy atom. The van der Waals surface area contributed by atoms with Gasteiger partial charge in [-0.15, -0.1) is 0 Å². The van der Waals surface area contributed by atoms with Gasteiger partial charge in [0.2, 0.25) is 0 Å². The Balaban J connectivity index is 1.52. The van der Waals surface area contributed by atoms with Crippen LogP contribution in [0.4, 0.5) is 5.69 Å². The second-order valence-electron chi connectivity index (χ2n) is 9.31. The lowest BCUT2D eigenvalue weighted by atomic mass is 9.83. The third kappa shape index (κ3) is 3.34. The predicted octanol–water partition coefficient (Wildman–Crippen LogP) is 4.04. The minimum absolute atomic E-state index is 0.185. The highest BCUT2D eigenvalue weighted by molar-refractivity contribution is 7.07. The van der Waals surface area contributed by atoms with E-state index in [1.54, 1.807) is 4.57 Å². The van der Waals surface area contributed by atoms with E-state index in [9.17, 15) is 9.59 Å². The number of aryl methyl sites for hydroxylation is 1. The van der Waals surface area contributed by atoms with Crippen molar-refractivity contribution in [1.29, 1.82) is 0 Å². The Kier molecular flexibility index (Phi) is 5.01. The smallest absolute Gasteiger partial charge is 0.271 e. The largest absolute Gasteiger partial charge is 0.494 e. The SMILES string of the molecule is CCOc1ccc([C@H]2C3=C(N=c4sc(=C5C(=O)Nc6ccccc65)c(=O)n42)c2ccccc2CC3)cc1. The van der Waals surface area contributed by atoms with Crippen LogP contribution in [0.1, 0.15) is 41.6 Å². The van der Waals surface area contributed by atoms with E-state index in [4.69, 9.17) is 9.73 Å². The number of carbonyl (C=O) groups excluding carboxylic acids is 1. The summed E-state index contributed by atoms with van der Waals surface area (Å²) in [5.74, 6) is 0.543. The zero-order valence-corrected chi connectivity index (χ0v) is 21.0. The van der Waals surface area contributed by atoms with E-state index in [0.29, 0.717) is 21.5 Å². The number of ether oxygens (including phenoxy) is 1. The number of nitrogens with zero attached hydrogens (tertiary/aromatic N) is 2. The second-order valence-corrected chi connectivity index (χ2v) is 10.3. The van der Waals surface area contributed by atoms with Gasteiger partial charge in [0.05, 0.1) is 23.9 Å². The molecule has 3 aliphatic rings. The third-order valence-electron chi connectivity index (χ3n) is 7.25. The molecule has 1 amide bonds. The van der Waals surface area contributed by atoms with E-state index in [0.717, 1.165) is 52.2 Å². The van der Waals surface area contributed by atoms with Crippen molar-refractivity contribution < 1.29 is 9.53 Å². The molecule has 7 rings (SSSR count). The molecule has 0 unspecified atom stereocenters. The second kappa shape index (κ2) is 8.42. The first-order valence-corrected chi connectivity index (χ1v) is 13.2. The Labute approximate surface area is 216 Å². The van der Waals surface area contributed by atoms with Crippen LogP contribution in [-0.2, 0) is 11.2 Å². The highest BCUT2D eigenvalue weighted by atomic mass is 32.1. The van der Waals surface area contributed by atoms with Gasteiger partial charge in [-0.05, 0) is 54.7 Å². The highest BCUT2D eigenvalue weighted by Crippen LogP contribution is 2.41. The van der Waals surface area contributed by atoms with E-state index in [2.05, 4.69) is 23.5 Å². The molecule has 6 nitrogen and oxygen atoms in total. The summed E-state index contributed by atoms with van der Waals surface area (Å²) in [5, 5.41) is 2.91. The molecule has 1 aromatic heterocycles. The number of allylic oxidation sites excluding steroid dienone is 1. The molecule has 0 saturated carbocycles. The molecule has 0 bridgehead atoms. The number of rotatable bonds is 3. The predicted molar refractivity (Wildman–Crippen MR) is 144 cm³/mol. The zero-order valence-electron chi connectivity index (χ0n) is 20.2. The quantitative estimate of drug-likeness (QED) is 0.457. The molecule has 0 spiro atoms. The number of anilines is 1. The fraction of sp³-hybridized carbons (Fsp3) is 0.167. The lowest BCUT2D eigenvalue weighted by Gasteiger charge is -2.30. The van der Waals surface area contributed by atoms with Crippen molar-refractivity contribution in [2.24, 2.45) is 4.99 Å². The number of aromatic nitrogens is 1. The van der Waals surface area contributed by atoms with Gasteiger partial charge in [0, 0.05) is 16.8 Å². The number of para-hydroxylation sites is 1. The van der Waals surface area contributed by atoms with Crippen LogP contribution >= 0.6 is 11.3 Å². The van der Waals surface area contributed by atoms with E-state index >= 15 is 0 Å². The molecule has 1 N–H and O–H groups in total. The van der Waals surface area contributed by atoms with Gasteiger partial charge in [-0.1, -0.05) is 65.9 Å². The van der Waals surface area contributed by atoms with E-state index in [-0.39, 0.29) is 17.5 Å². The van der Waals surface area contributed by atoms with Crippen LogP contribution in [0, 0.1) is 0 Å². The number of hydrogen-bond donors (Lipinski definition) is 1. The summed E-state index contributed by atoms with van der Waals surface area (Å²) in [6.45, 7) is 2.55. The monoisotopic (exact) mass is 505 g/mol. The molecule has 0 radical (unpaired) electrons. The standard InChI is InChI=1S/C30H23N3O3S/c1-2-36-19-14-11-18(12-15-19)26-22-16-13-17-7-3-4-8-20(17)25(22)32-30-33(26)29(35)27(37-30)24-21-9-5-6-10-23(21)31-28(24)34/h3-12,14-15,26H,2,13,16H2,1H3,(H,31,34)/t26-/m0/s1. The summed E-state index contributed by atoms with van der Waals surface area (Å²) in [6, 6.07) is 23.5. The molecular weight excluding hydrogens is 482 g/mol.